The van der Waals surface area contributed by atoms with E-state index in [2.05, 4.69) is 15.1 Å². The van der Waals surface area contributed by atoms with Crippen LogP contribution >= 0.6 is 11.8 Å². The van der Waals surface area contributed by atoms with Crippen LogP contribution in [0, 0.1) is 24.1 Å². The summed E-state index contributed by atoms with van der Waals surface area (Å²) in [5, 5.41) is 14.1. The molecular formula is C12H8FN5S. The first kappa shape index (κ1) is 11.9. The van der Waals surface area contributed by atoms with Crippen molar-refractivity contribution in [2.75, 3.05) is 5.75 Å². The average molecular weight is 273 g/mol. The van der Waals surface area contributed by atoms with Gasteiger partial charge >= 0.3 is 0 Å². The van der Waals surface area contributed by atoms with Crippen molar-refractivity contribution in [3.63, 3.8) is 0 Å². The van der Waals surface area contributed by atoms with Gasteiger partial charge in [0, 0.05) is 5.39 Å². The van der Waals surface area contributed by atoms with E-state index >= 15 is 0 Å². The summed E-state index contributed by atoms with van der Waals surface area (Å²) in [7, 11) is 0. The number of aryl methyl sites for hydroxylation is 1. The molecule has 0 radical (unpaired) electrons. The predicted octanol–water partition coefficient (Wildman–Crippen LogP) is 2.34. The van der Waals surface area contributed by atoms with E-state index in [0.29, 0.717) is 27.5 Å². The zero-order chi connectivity index (χ0) is 13.4. The predicted molar refractivity (Wildman–Crippen MR) is 69.3 cm³/mol. The van der Waals surface area contributed by atoms with Crippen LogP contribution in [-0.2, 0) is 0 Å². The summed E-state index contributed by atoms with van der Waals surface area (Å²) < 4.78 is 14.9. The van der Waals surface area contributed by atoms with E-state index in [0.717, 1.165) is 0 Å². The summed E-state index contributed by atoms with van der Waals surface area (Å²) in [6.07, 6.45) is 0. The number of fused-ring (bicyclic) bond motifs is 3. The van der Waals surface area contributed by atoms with Crippen molar-refractivity contribution < 1.29 is 4.39 Å². The van der Waals surface area contributed by atoms with Gasteiger partial charge in [-0.3, -0.25) is 0 Å². The number of benzene rings is 1. The number of rotatable bonds is 2. The van der Waals surface area contributed by atoms with E-state index in [-0.39, 0.29) is 11.6 Å². The summed E-state index contributed by atoms with van der Waals surface area (Å²) in [6, 6.07) is 6.40. The van der Waals surface area contributed by atoms with Crippen LogP contribution in [0.5, 0.6) is 0 Å². The van der Waals surface area contributed by atoms with Gasteiger partial charge in [-0.15, -0.1) is 5.10 Å². The Morgan fingerprint density at radius 1 is 1.42 bits per heavy atom. The van der Waals surface area contributed by atoms with Gasteiger partial charge in [0.15, 0.2) is 10.8 Å². The van der Waals surface area contributed by atoms with Gasteiger partial charge in [-0.1, -0.05) is 11.8 Å². The van der Waals surface area contributed by atoms with Gasteiger partial charge in [0.05, 0.1) is 17.3 Å². The summed E-state index contributed by atoms with van der Waals surface area (Å²) in [5.74, 6) is 0.514. The maximum atomic E-state index is 13.3. The molecule has 3 rings (SSSR count). The number of thioether (sulfide) groups is 1. The lowest BCUT2D eigenvalue weighted by Gasteiger charge is -2.04. The second-order valence-corrected chi connectivity index (χ2v) is 4.84. The van der Waals surface area contributed by atoms with Gasteiger partial charge in [0.2, 0.25) is 0 Å². The van der Waals surface area contributed by atoms with E-state index in [1.54, 1.807) is 17.5 Å². The van der Waals surface area contributed by atoms with Crippen molar-refractivity contribution in [3.05, 3.63) is 29.8 Å². The highest BCUT2D eigenvalue weighted by atomic mass is 32.2. The third-order valence-corrected chi connectivity index (χ3v) is 3.37. The van der Waals surface area contributed by atoms with Crippen molar-refractivity contribution in [1.82, 2.24) is 19.6 Å². The van der Waals surface area contributed by atoms with Gasteiger partial charge in [-0.05, 0) is 25.1 Å². The lowest BCUT2D eigenvalue weighted by Crippen LogP contribution is -1.98. The Bertz CT molecular complexity index is 820. The number of hydrogen-bond donors (Lipinski definition) is 0. The second kappa shape index (κ2) is 4.48. The van der Waals surface area contributed by atoms with Gasteiger partial charge in [-0.2, -0.15) is 9.78 Å². The highest BCUT2D eigenvalue weighted by Gasteiger charge is 2.12. The molecule has 2 aromatic heterocycles. The summed E-state index contributed by atoms with van der Waals surface area (Å²) in [4.78, 5) is 8.70. The second-order valence-electron chi connectivity index (χ2n) is 3.90. The van der Waals surface area contributed by atoms with Crippen molar-refractivity contribution in [3.8, 4) is 6.07 Å². The van der Waals surface area contributed by atoms with Gasteiger partial charge in [0.1, 0.15) is 11.6 Å². The molecule has 2 heterocycles. The van der Waals surface area contributed by atoms with Crippen LogP contribution in [0.3, 0.4) is 0 Å². The third-order valence-electron chi connectivity index (χ3n) is 2.58. The van der Waals surface area contributed by atoms with Crippen molar-refractivity contribution in [1.29, 1.82) is 5.26 Å². The SMILES string of the molecule is Cc1nc2c3cc(F)ccc3nc(SCC#N)n2n1. The number of aromatic nitrogens is 4. The molecule has 0 N–H and O–H groups in total. The molecule has 19 heavy (non-hydrogen) atoms. The van der Waals surface area contributed by atoms with Crippen LogP contribution in [0.2, 0.25) is 0 Å². The topological polar surface area (TPSA) is 66.9 Å². The first-order valence-corrected chi connectivity index (χ1v) is 6.50. The number of hydrogen-bond acceptors (Lipinski definition) is 5. The van der Waals surface area contributed by atoms with Crippen LogP contribution in [-0.4, -0.2) is 25.3 Å². The molecule has 3 aromatic rings. The maximum Gasteiger partial charge on any atom is 0.192 e. The smallest absolute Gasteiger partial charge is 0.192 e. The molecule has 0 unspecified atom stereocenters. The highest BCUT2D eigenvalue weighted by molar-refractivity contribution is 7.99. The zero-order valence-electron chi connectivity index (χ0n) is 9.96. The summed E-state index contributed by atoms with van der Waals surface area (Å²) in [6.45, 7) is 1.76. The first-order chi connectivity index (χ1) is 9.19. The minimum absolute atomic E-state index is 0.272. The average Bonchev–Trinajstić information content (AvgIpc) is 2.78. The molecule has 7 heteroatoms. The Kier molecular flexibility index (Phi) is 2.80. The molecule has 94 valence electrons. The Morgan fingerprint density at radius 3 is 3.05 bits per heavy atom. The molecule has 0 spiro atoms. The van der Waals surface area contributed by atoms with Gasteiger partial charge < -0.3 is 0 Å². The maximum absolute atomic E-state index is 13.3. The van der Waals surface area contributed by atoms with Crippen LogP contribution in [0.1, 0.15) is 5.82 Å². The monoisotopic (exact) mass is 273 g/mol. The molecule has 1 aromatic carbocycles. The molecule has 0 amide bonds. The van der Waals surface area contributed by atoms with E-state index < -0.39 is 0 Å². The molecule has 0 atom stereocenters. The summed E-state index contributed by atoms with van der Waals surface area (Å²) in [5.41, 5.74) is 1.20. The van der Waals surface area contributed by atoms with E-state index in [1.165, 1.54) is 23.9 Å². The van der Waals surface area contributed by atoms with Crippen molar-refractivity contribution >= 4 is 28.3 Å². The van der Waals surface area contributed by atoms with Gasteiger partial charge in [-0.25, -0.2) is 14.4 Å². The molecule has 0 aliphatic carbocycles. The first-order valence-electron chi connectivity index (χ1n) is 5.51. The van der Waals surface area contributed by atoms with Crippen LogP contribution in [0.25, 0.3) is 16.6 Å². The summed E-state index contributed by atoms with van der Waals surface area (Å²) >= 11 is 1.28. The Labute approximate surface area is 112 Å². The minimum atomic E-state index is -0.339. The molecule has 0 bridgehead atoms. The van der Waals surface area contributed by atoms with E-state index in [9.17, 15) is 4.39 Å². The zero-order valence-corrected chi connectivity index (χ0v) is 10.8. The Hall–Kier alpha value is -2.20. The molecule has 0 aliphatic rings. The number of nitriles is 1. The Balaban J connectivity index is 2.36. The lowest BCUT2D eigenvalue weighted by atomic mass is 10.2. The molecular weight excluding hydrogens is 265 g/mol. The third kappa shape index (κ3) is 2.00. The fourth-order valence-electron chi connectivity index (χ4n) is 1.85. The van der Waals surface area contributed by atoms with Gasteiger partial charge in [0.25, 0.3) is 0 Å². The minimum Gasteiger partial charge on any atom is -0.222 e. The van der Waals surface area contributed by atoms with E-state index in [4.69, 9.17) is 5.26 Å². The lowest BCUT2D eigenvalue weighted by molar-refractivity contribution is 0.629. The normalized spacial score (nSPS) is 11.0. The molecule has 0 aliphatic heterocycles. The standard InChI is InChI=1S/C12H8FN5S/c1-7-15-11-9-6-8(13)2-3-10(9)16-12(18(11)17-7)19-5-4-14/h2-3,6H,5H2,1H3. The fraction of sp³-hybridized carbons (Fsp3) is 0.167. The largest absolute Gasteiger partial charge is 0.222 e. The highest BCUT2D eigenvalue weighted by Crippen LogP contribution is 2.24. The quantitative estimate of drug-likeness (QED) is 0.529. The Morgan fingerprint density at radius 2 is 2.26 bits per heavy atom. The van der Waals surface area contributed by atoms with Crippen LogP contribution in [0.4, 0.5) is 4.39 Å². The molecule has 5 nitrogen and oxygen atoms in total. The molecule has 0 saturated carbocycles. The van der Waals surface area contributed by atoms with E-state index in [1.807, 2.05) is 6.07 Å². The van der Waals surface area contributed by atoms with Crippen molar-refractivity contribution in [2.45, 2.75) is 12.1 Å². The van der Waals surface area contributed by atoms with Crippen LogP contribution < -0.4 is 0 Å². The van der Waals surface area contributed by atoms with Crippen LogP contribution in [0.15, 0.2) is 23.4 Å². The number of nitrogens with zero attached hydrogens (tertiary/aromatic N) is 5. The molecule has 0 saturated heterocycles. The molecule has 0 fully saturated rings. The van der Waals surface area contributed by atoms with Crippen molar-refractivity contribution in [2.24, 2.45) is 0 Å². The number of halogens is 1. The fourth-order valence-corrected chi connectivity index (χ4v) is 2.45.